The van der Waals surface area contributed by atoms with Crippen molar-refractivity contribution in [1.82, 2.24) is 19.2 Å². The Labute approximate surface area is 175 Å². The van der Waals surface area contributed by atoms with Gasteiger partial charge in [0.2, 0.25) is 10.7 Å². The molecule has 3 aromatic rings. The van der Waals surface area contributed by atoms with Gasteiger partial charge < -0.3 is 5.32 Å². The van der Waals surface area contributed by atoms with Crippen LogP contribution >= 0.6 is 12.2 Å². The predicted octanol–water partition coefficient (Wildman–Crippen LogP) is 4.11. The van der Waals surface area contributed by atoms with Crippen LogP contribution in [0.1, 0.15) is 18.9 Å². The molecule has 2 aromatic carbocycles. The van der Waals surface area contributed by atoms with Crippen molar-refractivity contribution in [2.24, 2.45) is 0 Å². The van der Waals surface area contributed by atoms with Crippen LogP contribution in [0.15, 0.2) is 67.0 Å². The number of anilines is 1. The maximum atomic E-state index is 11.3. The lowest BCUT2D eigenvalue weighted by Gasteiger charge is -2.26. The van der Waals surface area contributed by atoms with E-state index in [0.29, 0.717) is 11.4 Å². The fourth-order valence-corrected chi connectivity index (χ4v) is 3.75. The van der Waals surface area contributed by atoms with Crippen molar-refractivity contribution in [3.8, 4) is 5.69 Å². The summed E-state index contributed by atoms with van der Waals surface area (Å²) in [7, 11) is 0. The molecular weight excluding hydrogens is 382 g/mol. The first-order valence-electron chi connectivity index (χ1n) is 9.59. The number of hydrogen-bond donors (Lipinski definition) is 1. The second-order valence-corrected chi connectivity index (χ2v) is 7.44. The summed E-state index contributed by atoms with van der Waals surface area (Å²) >= 11 is 5.64. The van der Waals surface area contributed by atoms with E-state index in [0.717, 1.165) is 30.9 Å². The molecule has 0 bridgehead atoms. The first-order chi connectivity index (χ1) is 14.1. The van der Waals surface area contributed by atoms with Crippen molar-refractivity contribution in [3.63, 3.8) is 0 Å². The first kappa shape index (κ1) is 19.3. The lowest BCUT2D eigenvalue weighted by atomic mass is 10.00. The second-order valence-electron chi connectivity index (χ2n) is 7.08. The SMILES string of the molecule is CC(=O)Nc1cccc(-n2cnn(CN3CC=C(c4ccccc4)CC3)c2=S)c1. The summed E-state index contributed by atoms with van der Waals surface area (Å²) in [6.45, 7) is 3.98. The van der Waals surface area contributed by atoms with Gasteiger partial charge in [0.25, 0.3) is 0 Å². The van der Waals surface area contributed by atoms with Crippen LogP contribution in [-0.4, -0.2) is 38.2 Å². The van der Waals surface area contributed by atoms with Crippen LogP contribution in [0.2, 0.25) is 0 Å². The van der Waals surface area contributed by atoms with Crippen LogP contribution in [0.25, 0.3) is 11.3 Å². The molecule has 0 radical (unpaired) electrons. The molecule has 1 aromatic heterocycles. The first-order valence-corrected chi connectivity index (χ1v) is 10.0. The summed E-state index contributed by atoms with van der Waals surface area (Å²) < 4.78 is 4.32. The Morgan fingerprint density at radius 2 is 2.00 bits per heavy atom. The summed E-state index contributed by atoms with van der Waals surface area (Å²) in [5.41, 5.74) is 4.30. The Kier molecular flexibility index (Phi) is 5.69. The predicted molar refractivity (Wildman–Crippen MR) is 117 cm³/mol. The van der Waals surface area contributed by atoms with Gasteiger partial charge in [-0.3, -0.25) is 14.3 Å². The monoisotopic (exact) mass is 405 g/mol. The Hall–Kier alpha value is -3.03. The van der Waals surface area contributed by atoms with Gasteiger partial charge in [-0.1, -0.05) is 42.5 Å². The minimum absolute atomic E-state index is 0.102. The molecular formula is C22H23N5OS. The second kappa shape index (κ2) is 8.55. The van der Waals surface area contributed by atoms with Gasteiger partial charge in [0.05, 0.1) is 12.4 Å². The average molecular weight is 406 g/mol. The van der Waals surface area contributed by atoms with E-state index in [-0.39, 0.29) is 5.91 Å². The number of carbonyl (C=O) groups is 1. The van der Waals surface area contributed by atoms with Gasteiger partial charge in [-0.2, -0.15) is 5.10 Å². The smallest absolute Gasteiger partial charge is 0.221 e. The van der Waals surface area contributed by atoms with Gasteiger partial charge in [-0.25, -0.2) is 4.68 Å². The van der Waals surface area contributed by atoms with Gasteiger partial charge in [-0.15, -0.1) is 0 Å². The van der Waals surface area contributed by atoms with Gasteiger partial charge in [0.1, 0.15) is 6.33 Å². The summed E-state index contributed by atoms with van der Waals surface area (Å²) in [5, 5.41) is 7.28. The van der Waals surface area contributed by atoms with Gasteiger partial charge in [0.15, 0.2) is 0 Å². The zero-order valence-corrected chi connectivity index (χ0v) is 17.1. The number of rotatable bonds is 5. The van der Waals surface area contributed by atoms with Crippen LogP contribution in [0, 0.1) is 4.77 Å². The molecule has 148 valence electrons. The third-order valence-electron chi connectivity index (χ3n) is 4.95. The molecule has 6 nitrogen and oxygen atoms in total. The normalized spacial score (nSPS) is 14.4. The highest BCUT2D eigenvalue weighted by atomic mass is 32.1. The quantitative estimate of drug-likeness (QED) is 0.649. The van der Waals surface area contributed by atoms with Crippen molar-refractivity contribution in [1.29, 1.82) is 0 Å². The van der Waals surface area contributed by atoms with E-state index in [1.807, 2.05) is 39.6 Å². The Bertz CT molecular complexity index is 1100. The molecule has 1 N–H and O–H groups in total. The molecule has 0 fully saturated rings. The molecule has 0 spiro atoms. The zero-order chi connectivity index (χ0) is 20.2. The fourth-order valence-electron chi connectivity index (χ4n) is 3.49. The van der Waals surface area contributed by atoms with Crippen molar-refractivity contribution >= 4 is 29.4 Å². The van der Waals surface area contributed by atoms with E-state index in [4.69, 9.17) is 12.2 Å². The van der Waals surface area contributed by atoms with E-state index < -0.39 is 0 Å². The van der Waals surface area contributed by atoms with Crippen molar-refractivity contribution in [3.05, 3.63) is 77.3 Å². The molecule has 0 atom stereocenters. The van der Waals surface area contributed by atoms with Crippen molar-refractivity contribution in [2.75, 3.05) is 18.4 Å². The highest BCUT2D eigenvalue weighted by Crippen LogP contribution is 2.22. The summed E-state index contributed by atoms with van der Waals surface area (Å²) in [6.07, 6.45) is 5.03. The highest BCUT2D eigenvalue weighted by molar-refractivity contribution is 7.71. The Balaban J connectivity index is 1.47. The molecule has 0 saturated carbocycles. The van der Waals surface area contributed by atoms with Crippen molar-refractivity contribution < 1.29 is 4.79 Å². The molecule has 1 aliphatic heterocycles. The topological polar surface area (TPSA) is 55.1 Å². The summed E-state index contributed by atoms with van der Waals surface area (Å²) in [5.74, 6) is -0.102. The van der Waals surface area contributed by atoms with E-state index in [1.165, 1.54) is 18.1 Å². The third-order valence-corrected chi connectivity index (χ3v) is 5.36. The molecule has 29 heavy (non-hydrogen) atoms. The average Bonchev–Trinajstić information content (AvgIpc) is 3.09. The molecule has 0 unspecified atom stereocenters. The zero-order valence-electron chi connectivity index (χ0n) is 16.3. The number of aromatic nitrogens is 3. The van der Waals surface area contributed by atoms with Crippen molar-refractivity contribution in [2.45, 2.75) is 20.0 Å². The van der Waals surface area contributed by atoms with Crippen LogP contribution < -0.4 is 5.32 Å². The number of nitrogens with zero attached hydrogens (tertiary/aromatic N) is 4. The van der Waals surface area contributed by atoms with Gasteiger partial charge in [0, 0.05) is 25.7 Å². The minimum Gasteiger partial charge on any atom is -0.326 e. The van der Waals surface area contributed by atoms with Crippen LogP contribution in [0.5, 0.6) is 0 Å². The lowest BCUT2D eigenvalue weighted by Crippen LogP contribution is -2.31. The molecule has 1 aliphatic rings. The molecule has 1 amide bonds. The number of amides is 1. The lowest BCUT2D eigenvalue weighted by molar-refractivity contribution is -0.114. The Morgan fingerprint density at radius 3 is 2.72 bits per heavy atom. The van der Waals surface area contributed by atoms with Crippen LogP contribution in [-0.2, 0) is 11.5 Å². The van der Waals surface area contributed by atoms with E-state index in [9.17, 15) is 4.79 Å². The number of nitrogens with one attached hydrogen (secondary N) is 1. The Morgan fingerprint density at radius 1 is 1.17 bits per heavy atom. The minimum atomic E-state index is -0.102. The highest BCUT2D eigenvalue weighted by Gasteiger charge is 2.14. The van der Waals surface area contributed by atoms with Gasteiger partial charge in [-0.05, 0) is 48.0 Å². The number of hydrogen-bond acceptors (Lipinski definition) is 4. The third kappa shape index (κ3) is 4.52. The summed E-state index contributed by atoms with van der Waals surface area (Å²) in [6, 6.07) is 18.1. The van der Waals surface area contributed by atoms with E-state index in [1.54, 1.807) is 6.33 Å². The van der Waals surface area contributed by atoms with E-state index >= 15 is 0 Å². The molecule has 7 heteroatoms. The fraction of sp³-hybridized carbons (Fsp3) is 0.227. The molecule has 4 rings (SSSR count). The number of carbonyl (C=O) groups excluding carboxylic acids is 1. The molecule has 0 saturated heterocycles. The van der Waals surface area contributed by atoms with Crippen LogP contribution in [0.4, 0.5) is 5.69 Å². The van der Waals surface area contributed by atoms with Gasteiger partial charge >= 0.3 is 0 Å². The van der Waals surface area contributed by atoms with Crippen LogP contribution in [0.3, 0.4) is 0 Å². The number of benzene rings is 2. The molecule has 2 heterocycles. The maximum Gasteiger partial charge on any atom is 0.221 e. The largest absolute Gasteiger partial charge is 0.326 e. The maximum absolute atomic E-state index is 11.3. The molecule has 0 aliphatic carbocycles. The summed E-state index contributed by atoms with van der Waals surface area (Å²) in [4.78, 5) is 13.6. The standard InChI is InChI=1S/C22H23N5OS/c1-17(28)24-20-8-5-9-21(14-20)26-15-23-27(22(26)29)16-25-12-10-19(11-13-25)18-6-3-2-4-7-18/h2-10,14-15H,11-13,16H2,1H3,(H,24,28). The van der Waals surface area contributed by atoms with E-state index in [2.05, 4.69) is 45.7 Å².